The lowest BCUT2D eigenvalue weighted by Gasteiger charge is -2.27. The molecule has 1 saturated heterocycles. The summed E-state index contributed by atoms with van der Waals surface area (Å²) in [5.74, 6) is 2.89. The lowest BCUT2D eigenvalue weighted by atomic mass is 10.1. The molecule has 2 aliphatic rings. The predicted octanol–water partition coefficient (Wildman–Crippen LogP) is 4.21. The third-order valence-corrected chi connectivity index (χ3v) is 5.98. The van der Waals surface area contributed by atoms with Gasteiger partial charge in [0.2, 0.25) is 5.95 Å². The van der Waals surface area contributed by atoms with Crippen molar-refractivity contribution in [3.8, 4) is 5.75 Å². The Labute approximate surface area is 153 Å². The summed E-state index contributed by atoms with van der Waals surface area (Å²) in [6, 6.07) is 6.94. The van der Waals surface area contributed by atoms with Crippen molar-refractivity contribution in [1.82, 2.24) is 14.8 Å². The molecule has 0 N–H and O–H groups in total. The van der Waals surface area contributed by atoms with Gasteiger partial charge >= 0.3 is 0 Å². The number of anilines is 1. The van der Waals surface area contributed by atoms with E-state index in [0.29, 0.717) is 6.04 Å². The van der Waals surface area contributed by atoms with Crippen LogP contribution in [0, 0.1) is 6.92 Å². The fourth-order valence-electron chi connectivity index (χ4n) is 3.49. The maximum absolute atomic E-state index is 5.51. The van der Waals surface area contributed by atoms with Crippen LogP contribution in [0.1, 0.15) is 49.3 Å². The highest BCUT2D eigenvalue weighted by atomic mass is 32.2. The Morgan fingerprint density at radius 1 is 1.16 bits per heavy atom. The lowest BCUT2D eigenvalue weighted by molar-refractivity contribution is 0.411. The Morgan fingerprint density at radius 2 is 1.96 bits per heavy atom. The zero-order valence-corrected chi connectivity index (χ0v) is 15.9. The van der Waals surface area contributed by atoms with E-state index in [1.54, 1.807) is 18.9 Å². The second kappa shape index (κ2) is 7.28. The fourth-order valence-corrected chi connectivity index (χ4v) is 4.47. The van der Waals surface area contributed by atoms with E-state index < -0.39 is 0 Å². The number of hydrogen-bond donors (Lipinski definition) is 0. The quantitative estimate of drug-likeness (QED) is 0.724. The van der Waals surface area contributed by atoms with Crippen molar-refractivity contribution >= 4 is 17.7 Å². The van der Waals surface area contributed by atoms with E-state index in [0.717, 1.165) is 35.7 Å². The van der Waals surface area contributed by atoms with Crippen molar-refractivity contribution in [2.24, 2.45) is 0 Å². The van der Waals surface area contributed by atoms with E-state index in [1.165, 1.54) is 43.2 Å². The molecule has 1 aromatic heterocycles. The number of ether oxygens (including phenoxy) is 1. The molecule has 1 aliphatic carbocycles. The molecular weight excluding hydrogens is 332 g/mol. The van der Waals surface area contributed by atoms with Gasteiger partial charge in [-0.1, -0.05) is 29.5 Å². The average Bonchev–Trinajstić information content (AvgIpc) is 3.40. The molecule has 0 radical (unpaired) electrons. The first-order valence-electron chi connectivity index (χ1n) is 9.22. The highest BCUT2D eigenvalue weighted by molar-refractivity contribution is 7.98. The average molecular weight is 359 g/mol. The lowest BCUT2D eigenvalue weighted by Crippen LogP contribution is -2.31. The second-order valence-corrected chi connectivity index (χ2v) is 7.98. The molecule has 1 saturated carbocycles. The summed E-state index contributed by atoms with van der Waals surface area (Å²) in [4.78, 5) is 2.42. The van der Waals surface area contributed by atoms with Crippen LogP contribution in [0.3, 0.4) is 0 Å². The van der Waals surface area contributed by atoms with Crippen LogP contribution in [0.5, 0.6) is 5.75 Å². The van der Waals surface area contributed by atoms with Crippen LogP contribution in [-0.4, -0.2) is 35.0 Å². The number of piperidine rings is 1. The Balaban J connectivity index is 1.55. The van der Waals surface area contributed by atoms with Crippen LogP contribution < -0.4 is 9.64 Å². The largest absolute Gasteiger partial charge is 0.496 e. The number of hydrogen-bond acceptors (Lipinski definition) is 5. The summed E-state index contributed by atoms with van der Waals surface area (Å²) in [6.07, 6.45) is 6.37. The number of benzene rings is 1. The van der Waals surface area contributed by atoms with Crippen molar-refractivity contribution in [3.63, 3.8) is 0 Å². The molecular formula is C19H26N4OS. The summed E-state index contributed by atoms with van der Waals surface area (Å²) in [6.45, 7) is 4.34. The van der Waals surface area contributed by atoms with Crippen LogP contribution in [0.2, 0.25) is 0 Å². The Bertz CT molecular complexity index is 735. The highest BCUT2D eigenvalue weighted by Gasteiger charge is 2.32. The molecule has 0 bridgehead atoms. The third kappa shape index (κ3) is 3.64. The molecule has 5 nitrogen and oxygen atoms in total. The number of thioether (sulfide) groups is 1. The molecule has 25 heavy (non-hydrogen) atoms. The first-order valence-corrected chi connectivity index (χ1v) is 10.2. The molecule has 134 valence electrons. The maximum atomic E-state index is 5.51. The minimum Gasteiger partial charge on any atom is -0.496 e. The van der Waals surface area contributed by atoms with Crippen LogP contribution in [0.4, 0.5) is 5.95 Å². The molecule has 1 aromatic carbocycles. The van der Waals surface area contributed by atoms with Gasteiger partial charge in [0.1, 0.15) is 5.75 Å². The Kier molecular flexibility index (Phi) is 4.88. The van der Waals surface area contributed by atoms with E-state index in [4.69, 9.17) is 4.74 Å². The van der Waals surface area contributed by atoms with E-state index in [1.807, 2.05) is 0 Å². The summed E-state index contributed by atoms with van der Waals surface area (Å²) < 4.78 is 7.90. The first-order chi connectivity index (χ1) is 12.3. The number of rotatable bonds is 6. The van der Waals surface area contributed by atoms with Gasteiger partial charge in [-0.05, 0) is 45.1 Å². The summed E-state index contributed by atoms with van der Waals surface area (Å²) in [5, 5.41) is 10.1. The number of aryl methyl sites for hydroxylation is 1. The molecule has 0 amide bonds. The van der Waals surface area contributed by atoms with Crippen molar-refractivity contribution in [2.75, 3.05) is 25.1 Å². The van der Waals surface area contributed by atoms with E-state index in [-0.39, 0.29) is 0 Å². The van der Waals surface area contributed by atoms with Gasteiger partial charge in [0.15, 0.2) is 5.16 Å². The van der Waals surface area contributed by atoms with Gasteiger partial charge in [0, 0.05) is 30.4 Å². The summed E-state index contributed by atoms with van der Waals surface area (Å²) in [5.41, 5.74) is 2.48. The van der Waals surface area contributed by atoms with Crippen LogP contribution in [0.25, 0.3) is 0 Å². The minimum atomic E-state index is 0.592. The number of nitrogens with zero attached hydrogens (tertiary/aromatic N) is 4. The number of methoxy groups -OCH3 is 1. The van der Waals surface area contributed by atoms with Crippen molar-refractivity contribution in [2.45, 2.75) is 56.0 Å². The minimum absolute atomic E-state index is 0.592. The maximum Gasteiger partial charge on any atom is 0.228 e. The van der Waals surface area contributed by atoms with E-state index in [2.05, 4.69) is 44.8 Å². The highest BCUT2D eigenvalue weighted by Crippen LogP contribution is 2.42. The van der Waals surface area contributed by atoms with Gasteiger partial charge in [-0.25, -0.2) is 0 Å². The van der Waals surface area contributed by atoms with Crippen molar-refractivity contribution in [1.29, 1.82) is 0 Å². The Hall–Kier alpha value is -1.69. The predicted molar refractivity (Wildman–Crippen MR) is 102 cm³/mol. The fraction of sp³-hybridized carbons (Fsp3) is 0.579. The smallest absolute Gasteiger partial charge is 0.228 e. The first kappa shape index (κ1) is 16.8. The van der Waals surface area contributed by atoms with Crippen LogP contribution in [0.15, 0.2) is 23.4 Å². The van der Waals surface area contributed by atoms with Crippen molar-refractivity contribution in [3.05, 3.63) is 29.3 Å². The molecule has 0 spiro atoms. The zero-order chi connectivity index (χ0) is 17.2. The van der Waals surface area contributed by atoms with Gasteiger partial charge < -0.3 is 9.64 Å². The van der Waals surface area contributed by atoms with Crippen LogP contribution >= 0.6 is 11.8 Å². The van der Waals surface area contributed by atoms with Gasteiger partial charge in [-0.15, -0.1) is 10.2 Å². The summed E-state index contributed by atoms with van der Waals surface area (Å²) in [7, 11) is 1.74. The second-order valence-electron chi connectivity index (χ2n) is 7.04. The van der Waals surface area contributed by atoms with Gasteiger partial charge in [-0.2, -0.15) is 0 Å². The molecule has 0 atom stereocenters. The molecule has 6 heteroatoms. The standard InChI is InChI=1S/C19H26N4OS/c1-14-6-9-17(24-2)15(12-14)13-25-19-21-20-18(23(19)16-7-8-16)22-10-4-3-5-11-22/h6,9,12,16H,3-5,7-8,10-11,13H2,1-2H3. The number of aromatic nitrogens is 3. The monoisotopic (exact) mass is 358 g/mol. The SMILES string of the molecule is COc1ccc(C)cc1CSc1nnc(N2CCCCC2)n1C1CC1. The molecule has 0 unspecified atom stereocenters. The van der Waals surface area contributed by atoms with Gasteiger partial charge in [-0.3, -0.25) is 4.57 Å². The third-order valence-electron chi connectivity index (χ3n) is 4.99. The van der Waals surface area contributed by atoms with E-state index >= 15 is 0 Å². The van der Waals surface area contributed by atoms with E-state index in [9.17, 15) is 0 Å². The van der Waals surface area contributed by atoms with Crippen molar-refractivity contribution < 1.29 is 4.74 Å². The summed E-state index contributed by atoms with van der Waals surface area (Å²) >= 11 is 1.77. The molecule has 2 aromatic rings. The zero-order valence-electron chi connectivity index (χ0n) is 15.1. The van der Waals surface area contributed by atoms with Gasteiger partial charge in [0.05, 0.1) is 7.11 Å². The Morgan fingerprint density at radius 3 is 2.68 bits per heavy atom. The molecule has 4 rings (SSSR count). The van der Waals surface area contributed by atoms with Crippen LogP contribution in [-0.2, 0) is 5.75 Å². The molecule has 2 heterocycles. The molecule has 2 fully saturated rings. The topological polar surface area (TPSA) is 43.2 Å². The van der Waals surface area contributed by atoms with Gasteiger partial charge in [0.25, 0.3) is 0 Å². The molecule has 1 aliphatic heterocycles. The normalized spacial score (nSPS) is 17.8.